The Morgan fingerprint density at radius 3 is 2.20 bits per heavy atom. The van der Waals surface area contributed by atoms with Crippen LogP contribution in [0.1, 0.15) is 13.8 Å². The van der Waals surface area contributed by atoms with E-state index in [9.17, 15) is 14.4 Å². The molecule has 0 saturated heterocycles. The predicted octanol–water partition coefficient (Wildman–Crippen LogP) is 0.204. The van der Waals surface area contributed by atoms with Gasteiger partial charge in [0.05, 0.1) is 0 Å². The molecule has 0 aromatic heterocycles. The molecule has 0 unspecified atom stereocenters. The summed E-state index contributed by atoms with van der Waals surface area (Å²) in [5.41, 5.74) is 0. The maximum absolute atomic E-state index is 11.3. The zero-order valence-corrected chi connectivity index (χ0v) is 8.85. The molecule has 0 atom stereocenters. The second kappa shape index (κ2) is 5.79. The van der Waals surface area contributed by atoms with Crippen molar-refractivity contribution in [1.82, 2.24) is 10.2 Å². The molecule has 0 radical (unpaired) electrons. The summed E-state index contributed by atoms with van der Waals surface area (Å²) in [6, 6.07) is -0.605. The van der Waals surface area contributed by atoms with Gasteiger partial charge in [-0.1, -0.05) is 0 Å². The lowest BCUT2D eigenvalue weighted by molar-refractivity contribution is -0.131. The van der Waals surface area contributed by atoms with E-state index < -0.39 is 17.9 Å². The lowest BCUT2D eigenvalue weighted by Gasteiger charge is -2.20. The summed E-state index contributed by atoms with van der Waals surface area (Å²) in [7, 11) is 1.54. The van der Waals surface area contributed by atoms with E-state index >= 15 is 0 Å². The molecule has 6 heteroatoms. The van der Waals surface area contributed by atoms with Gasteiger partial charge in [-0.25, -0.2) is 9.59 Å². The van der Waals surface area contributed by atoms with Gasteiger partial charge in [0.1, 0.15) is 0 Å². The lowest BCUT2D eigenvalue weighted by Crippen LogP contribution is -2.43. The number of nitrogens with one attached hydrogen (secondary N) is 1. The van der Waals surface area contributed by atoms with Crippen LogP contribution >= 0.6 is 0 Å². The van der Waals surface area contributed by atoms with Crippen molar-refractivity contribution in [3.63, 3.8) is 0 Å². The van der Waals surface area contributed by atoms with Crippen molar-refractivity contribution >= 4 is 17.9 Å². The third kappa shape index (κ3) is 5.45. The molecule has 2 N–H and O–H groups in total. The average Bonchev–Trinajstić information content (AvgIpc) is 2.13. The van der Waals surface area contributed by atoms with Crippen LogP contribution in [0.2, 0.25) is 0 Å². The van der Waals surface area contributed by atoms with Gasteiger partial charge in [0.2, 0.25) is 0 Å². The Morgan fingerprint density at radius 2 is 1.80 bits per heavy atom. The minimum absolute atomic E-state index is 0.0405. The van der Waals surface area contributed by atoms with E-state index in [0.717, 1.165) is 6.08 Å². The van der Waals surface area contributed by atoms with Crippen molar-refractivity contribution in [2.75, 3.05) is 7.05 Å². The number of amides is 3. The van der Waals surface area contributed by atoms with Gasteiger partial charge in [-0.3, -0.25) is 10.1 Å². The maximum atomic E-state index is 11.3. The zero-order chi connectivity index (χ0) is 12.0. The van der Waals surface area contributed by atoms with Gasteiger partial charge >= 0.3 is 12.0 Å². The van der Waals surface area contributed by atoms with Crippen molar-refractivity contribution in [2.24, 2.45) is 0 Å². The van der Waals surface area contributed by atoms with Gasteiger partial charge in [0, 0.05) is 25.2 Å². The normalized spacial score (nSPS) is 10.4. The quantitative estimate of drug-likeness (QED) is 0.657. The van der Waals surface area contributed by atoms with E-state index in [1.807, 2.05) is 5.32 Å². The molecule has 15 heavy (non-hydrogen) atoms. The molecule has 84 valence electrons. The van der Waals surface area contributed by atoms with Crippen LogP contribution in [0.4, 0.5) is 4.79 Å². The van der Waals surface area contributed by atoms with Crippen molar-refractivity contribution < 1.29 is 19.5 Å². The molecular weight excluding hydrogens is 200 g/mol. The largest absolute Gasteiger partial charge is 0.478 e. The van der Waals surface area contributed by atoms with Crippen LogP contribution in [-0.2, 0) is 9.59 Å². The number of carbonyl (C=O) groups excluding carboxylic acids is 2. The molecule has 3 amide bonds. The fraction of sp³-hybridized carbons (Fsp3) is 0.444. The Labute approximate surface area is 87.6 Å². The van der Waals surface area contributed by atoms with Gasteiger partial charge in [-0.05, 0) is 13.8 Å². The number of rotatable bonds is 3. The Hall–Kier alpha value is -1.85. The second-order valence-corrected chi connectivity index (χ2v) is 3.17. The van der Waals surface area contributed by atoms with E-state index in [2.05, 4.69) is 0 Å². The van der Waals surface area contributed by atoms with Crippen LogP contribution in [0.3, 0.4) is 0 Å². The fourth-order valence-corrected chi connectivity index (χ4v) is 0.617. The number of imide groups is 1. The smallest absolute Gasteiger partial charge is 0.328 e. The molecule has 0 heterocycles. The molecule has 0 aliphatic heterocycles. The van der Waals surface area contributed by atoms with Gasteiger partial charge < -0.3 is 10.0 Å². The molecule has 0 aromatic carbocycles. The standard InChI is InChI=1S/C9H14N2O4/c1-6(2)11(3)9(15)10-7(12)4-5-8(13)14/h4-6H,1-3H3,(H,13,14)(H,10,12,15)/b5-4+. The third-order valence-electron chi connectivity index (χ3n) is 1.70. The SMILES string of the molecule is CC(C)N(C)C(=O)NC(=O)/C=C/C(=O)O. The summed E-state index contributed by atoms with van der Waals surface area (Å²) in [5, 5.41) is 10.2. The van der Waals surface area contributed by atoms with Gasteiger partial charge in [-0.15, -0.1) is 0 Å². The van der Waals surface area contributed by atoms with E-state index in [4.69, 9.17) is 5.11 Å². The first-order valence-corrected chi connectivity index (χ1v) is 4.33. The highest BCUT2D eigenvalue weighted by molar-refractivity contribution is 6.02. The molecule has 0 fully saturated rings. The molecule has 0 saturated carbocycles. The molecule has 0 aliphatic carbocycles. The van der Waals surface area contributed by atoms with Crippen LogP contribution in [0, 0.1) is 0 Å². The first kappa shape index (κ1) is 13.2. The molecule has 0 rings (SSSR count). The Balaban J connectivity index is 4.19. The van der Waals surface area contributed by atoms with Crippen LogP contribution in [0.15, 0.2) is 12.2 Å². The Kier molecular flexibility index (Phi) is 5.08. The minimum atomic E-state index is -1.24. The Morgan fingerprint density at radius 1 is 1.27 bits per heavy atom. The number of nitrogens with zero attached hydrogens (tertiary/aromatic N) is 1. The van der Waals surface area contributed by atoms with Gasteiger partial charge in [-0.2, -0.15) is 0 Å². The lowest BCUT2D eigenvalue weighted by atomic mass is 10.3. The number of hydrogen-bond acceptors (Lipinski definition) is 3. The van der Waals surface area contributed by atoms with Crippen molar-refractivity contribution in [2.45, 2.75) is 19.9 Å². The first-order valence-electron chi connectivity index (χ1n) is 4.33. The number of carbonyl (C=O) groups is 3. The van der Waals surface area contributed by atoms with Crippen LogP contribution in [0.25, 0.3) is 0 Å². The Bertz CT molecular complexity index is 296. The summed E-state index contributed by atoms with van der Waals surface area (Å²) in [5.74, 6) is -2.00. The van der Waals surface area contributed by atoms with E-state index in [1.165, 1.54) is 11.9 Å². The predicted molar refractivity (Wildman–Crippen MR) is 53.2 cm³/mol. The number of carboxylic acid groups (broad SMARTS) is 1. The number of aliphatic carboxylic acids is 1. The summed E-state index contributed by atoms with van der Waals surface area (Å²) in [4.78, 5) is 33.6. The van der Waals surface area contributed by atoms with Crippen molar-refractivity contribution in [1.29, 1.82) is 0 Å². The molecule has 0 spiro atoms. The number of urea groups is 1. The van der Waals surface area contributed by atoms with Crippen LogP contribution < -0.4 is 5.32 Å². The molecular formula is C9H14N2O4. The fourth-order valence-electron chi connectivity index (χ4n) is 0.617. The van der Waals surface area contributed by atoms with E-state index in [1.54, 1.807) is 13.8 Å². The highest BCUT2D eigenvalue weighted by Gasteiger charge is 2.13. The van der Waals surface area contributed by atoms with Gasteiger partial charge in [0.15, 0.2) is 0 Å². The number of hydrogen-bond donors (Lipinski definition) is 2. The summed E-state index contributed by atoms with van der Waals surface area (Å²) < 4.78 is 0. The zero-order valence-electron chi connectivity index (χ0n) is 8.85. The molecule has 0 aliphatic rings. The van der Waals surface area contributed by atoms with Crippen LogP contribution in [0.5, 0.6) is 0 Å². The van der Waals surface area contributed by atoms with E-state index in [-0.39, 0.29) is 6.04 Å². The summed E-state index contributed by atoms with van der Waals surface area (Å²) >= 11 is 0. The molecule has 0 aromatic rings. The van der Waals surface area contributed by atoms with Crippen LogP contribution in [-0.4, -0.2) is 41.0 Å². The van der Waals surface area contributed by atoms with Crippen molar-refractivity contribution in [3.8, 4) is 0 Å². The molecule has 0 bridgehead atoms. The van der Waals surface area contributed by atoms with Crippen molar-refractivity contribution in [3.05, 3.63) is 12.2 Å². The highest BCUT2D eigenvalue weighted by atomic mass is 16.4. The number of carboxylic acids is 1. The van der Waals surface area contributed by atoms with Gasteiger partial charge in [0.25, 0.3) is 5.91 Å². The highest BCUT2D eigenvalue weighted by Crippen LogP contribution is 1.93. The first-order chi connectivity index (χ1) is 6.84. The minimum Gasteiger partial charge on any atom is -0.478 e. The summed E-state index contributed by atoms with van der Waals surface area (Å²) in [6.07, 6.45) is 1.45. The second-order valence-electron chi connectivity index (χ2n) is 3.17. The summed E-state index contributed by atoms with van der Waals surface area (Å²) in [6.45, 7) is 3.58. The average molecular weight is 214 g/mol. The van der Waals surface area contributed by atoms with E-state index in [0.29, 0.717) is 6.08 Å². The third-order valence-corrected chi connectivity index (χ3v) is 1.70. The maximum Gasteiger partial charge on any atom is 0.328 e. The topological polar surface area (TPSA) is 86.7 Å². The molecule has 6 nitrogen and oxygen atoms in total. The monoisotopic (exact) mass is 214 g/mol.